The summed E-state index contributed by atoms with van der Waals surface area (Å²) in [5, 5.41) is 3.27. The van der Waals surface area contributed by atoms with Crippen molar-refractivity contribution in [1.29, 1.82) is 0 Å². The van der Waals surface area contributed by atoms with Crippen LogP contribution in [0.3, 0.4) is 0 Å². The van der Waals surface area contributed by atoms with Crippen LogP contribution in [0.25, 0.3) is 0 Å². The number of hydrogen-bond acceptors (Lipinski definition) is 4. The molecule has 0 bridgehead atoms. The maximum absolute atomic E-state index is 12.9. The fourth-order valence-electron chi connectivity index (χ4n) is 4.80. The summed E-state index contributed by atoms with van der Waals surface area (Å²) in [4.78, 5) is 20.3. The minimum absolute atomic E-state index is 0.117. The maximum Gasteiger partial charge on any atom is 0.238 e. The van der Waals surface area contributed by atoms with Crippen molar-refractivity contribution in [3.8, 4) is 0 Å². The molecule has 2 aliphatic heterocycles. The third kappa shape index (κ3) is 5.80. The van der Waals surface area contributed by atoms with Gasteiger partial charge in [0.1, 0.15) is 0 Å². The molecule has 0 aromatic heterocycles. The van der Waals surface area contributed by atoms with Crippen LogP contribution < -0.4 is 5.32 Å². The number of nitrogens with one attached hydrogen (secondary N) is 1. The van der Waals surface area contributed by atoms with Gasteiger partial charge in [-0.1, -0.05) is 45.9 Å². The molecule has 0 saturated carbocycles. The van der Waals surface area contributed by atoms with E-state index in [0.29, 0.717) is 24.4 Å². The van der Waals surface area contributed by atoms with Crippen molar-refractivity contribution in [2.75, 3.05) is 58.2 Å². The second kappa shape index (κ2) is 10.1. The Labute approximate surface area is 177 Å². The Kier molecular flexibility index (Phi) is 7.72. The standard InChI is InChI=1S/C24H40N4O/c1-18(2)21-9-6-10-22(19(3)4)24(21)25-23(29)17-27-12-14-28(15-13-27)20-8-7-11-26(5)16-20/h6,9-10,18-20H,7-8,11-17H2,1-5H3,(H,25,29). The van der Waals surface area contributed by atoms with Gasteiger partial charge in [0.2, 0.25) is 5.91 Å². The molecule has 1 aromatic carbocycles. The zero-order valence-corrected chi connectivity index (χ0v) is 19.1. The highest BCUT2D eigenvalue weighted by Crippen LogP contribution is 2.32. The van der Waals surface area contributed by atoms with Crippen LogP contribution >= 0.6 is 0 Å². The molecule has 2 fully saturated rings. The molecular formula is C24H40N4O. The lowest BCUT2D eigenvalue weighted by atomic mass is 9.92. The zero-order chi connectivity index (χ0) is 21.0. The van der Waals surface area contributed by atoms with Gasteiger partial charge in [0.05, 0.1) is 6.54 Å². The molecule has 1 aromatic rings. The molecular weight excluding hydrogens is 360 g/mol. The number of anilines is 1. The van der Waals surface area contributed by atoms with Gasteiger partial charge in [0.25, 0.3) is 0 Å². The van der Waals surface area contributed by atoms with Gasteiger partial charge < -0.3 is 10.2 Å². The van der Waals surface area contributed by atoms with E-state index < -0.39 is 0 Å². The molecule has 2 heterocycles. The lowest BCUT2D eigenvalue weighted by molar-refractivity contribution is -0.117. The van der Waals surface area contributed by atoms with Gasteiger partial charge >= 0.3 is 0 Å². The number of nitrogens with zero attached hydrogens (tertiary/aromatic N) is 3. The number of benzene rings is 1. The predicted molar refractivity (Wildman–Crippen MR) is 122 cm³/mol. The van der Waals surface area contributed by atoms with Crippen molar-refractivity contribution < 1.29 is 4.79 Å². The molecule has 1 amide bonds. The summed E-state index contributed by atoms with van der Waals surface area (Å²) < 4.78 is 0. The molecule has 3 rings (SSSR count). The third-order valence-corrected chi connectivity index (χ3v) is 6.53. The van der Waals surface area contributed by atoms with E-state index in [2.05, 4.69) is 73.0 Å². The number of amides is 1. The van der Waals surface area contributed by atoms with Crippen LogP contribution in [0.2, 0.25) is 0 Å². The Morgan fingerprint density at radius 3 is 2.21 bits per heavy atom. The number of likely N-dealkylation sites (tertiary alicyclic amines) is 1. The molecule has 0 spiro atoms. The number of carbonyl (C=O) groups excluding carboxylic acids is 1. The van der Waals surface area contributed by atoms with Gasteiger partial charge in [-0.25, -0.2) is 0 Å². The zero-order valence-electron chi connectivity index (χ0n) is 19.1. The van der Waals surface area contributed by atoms with Crippen LogP contribution in [-0.2, 0) is 4.79 Å². The lowest BCUT2D eigenvalue weighted by Crippen LogP contribution is -2.55. The van der Waals surface area contributed by atoms with Crippen LogP contribution in [0, 0.1) is 0 Å². The molecule has 162 valence electrons. The fourth-order valence-corrected chi connectivity index (χ4v) is 4.80. The molecule has 5 heteroatoms. The van der Waals surface area contributed by atoms with E-state index >= 15 is 0 Å². The Hall–Kier alpha value is -1.43. The molecule has 29 heavy (non-hydrogen) atoms. The topological polar surface area (TPSA) is 38.8 Å². The third-order valence-electron chi connectivity index (χ3n) is 6.53. The quantitative estimate of drug-likeness (QED) is 0.792. The highest BCUT2D eigenvalue weighted by molar-refractivity contribution is 5.94. The van der Waals surface area contributed by atoms with Crippen LogP contribution in [0.5, 0.6) is 0 Å². The number of para-hydroxylation sites is 1. The fraction of sp³-hybridized carbons (Fsp3) is 0.708. The number of piperazine rings is 1. The van der Waals surface area contributed by atoms with E-state index in [0.717, 1.165) is 31.9 Å². The SMILES string of the molecule is CC(C)c1cccc(C(C)C)c1NC(=O)CN1CCN(C2CCCN(C)C2)CC1. The van der Waals surface area contributed by atoms with Crippen molar-refractivity contribution in [2.24, 2.45) is 0 Å². The molecule has 0 radical (unpaired) electrons. The molecule has 1 unspecified atom stereocenters. The number of likely N-dealkylation sites (N-methyl/N-ethyl adjacent to an activating group) is 1. The van der Waals surface area contributed by atoms with Crippen molar-refractivity contribution >= 4 is 11.6 Å². The van der Waals surface area contributed by atoms with E-state index in [4.69, 9.17) is 0 Å². The van der Waals surface area contributed by atoms with Gasteiger partial charge in [0.15, 0.2) is 0 Å². The van der Waals surface area contributed by atoms with E-state index in [1.165, 1.54) is 37.1 Å². The first-order valence-corrected chi connectivity index (χ1v) is 11.4. The molecule has 0 aliphatic carbocycles. The normalized spacial score (nSPS) is 22.4. The highest BCUT2D eigenvalue weighted by Gasteiger charge is 2.27. The van der Waals surface area contributed by atoms with E-state index in [1.54, 1.807) is 0 Å². The summed E-state index contributed by atoms with van der Waals surface area (Å²) >= 11 is 0. The average molecular weight is 401 g/mol. The summed E-state index contributed by atoms with van der Waals surface area (Å²) in [6.45, 7) is 15.8. The number of rotatable bonds is 6. The molecule has 1 N–H and O–H groups in total. The maximum atomic E-state index is 12.9. The second-order valence-corrected chi connectivity index (χ2v) is 9.54. The first-order valence-electron chi connectivity index (χ1n) is 11.4. The van der Waals surface area contributed by atoms with Gasteiger partial charge in [0, 0.05) is 44.5 Å². The molecule has 2 aliphatic rings. The van der Waals surface area contributed by atoms with Gasteiger partial charge in [-0.2, -0.15) is 0 Å². The predicted octanol–water partition coefficient (Wildman–Crippen LogP) is 3.58. The van der Waals surface area contributed by atoms with Crippen LogP contribution in [0.1, 0.15) is 63.5 Å². The summed E-state index contributed by atoms with van der Waals surface area (Å²) in [5.41, 5.74) is 3.50. The molecule has 2 saturated heterocycles. The number of hydrogen-bond donors (Lipinski definition) is 1. The number of carbonyl (C=O) groups is 1. The summed E-state index contributed by atoms with van der Waals surface area (Å²) in [5.74, 6) is 0.896. The first kappa shape index (κ1) is 22.3. The van der Waals surface area contributed by atoms with Gasteiger partial charge in [-0.3, -0.25) is 14.6 Å². The molecule has 1 atom stereocenters. The van der Waals surface area contributed by atoms with Crippen LogP contribution in [0.15, 0.2) is 18.2 Å². The lowest BCUT2D eigenvalue weighted by Gasteiger charge is -2.42. The van der Waals surface area contributed by atoms with E-state index in [1.807, 2.05) is 0 Å². The van der Waals surface area contributed by atoms with E-state index in [-0.39, 0.29) is 5.91 Å². The van der Waals surface area contributed by atoms with Crippen molar-refractivity contribution in [1.82, 2.24) is 14.7 Å². The molecule has 5 nitrogen and oxygen atoms in total. The first-order chi connectivity index (χ1) is 13.8. The van der Waals surface area contributed by atoms with Gasteiger partial charge in [-0.05, 0) is 49.4 Å². The van der Waals surface area contributed by atoms with Crippen molar-refractivity contribution in [2.45, 2.75) is 58.4 Å². The Bertz CT molecular complexity index is 653. The Morgan fingerprint density at radius 1 is 1.03 bits per heavy atom. The minimum atomic E-state index is 0.117. The van der Waals surface area contributed by atoms with Crippen molar-refractivity contribution in [3.05, 3.63) is 29.3 Å². The Morgan fingerprint density at radius 2 is 1.66 bits per heavy atom. The second-order valence-electron chi connectivity index (χ2n) is 9.54. The van der Waals surface area contributed by atoms with E-state index in [9.17, 15) is 4.79 Å². The Balaban J connectivity index is 1.56. The smallest absolute Gasteiger partial charge is 0.238 e. The average Bonchev–Trinajstić information content (AvgIpc) is 2.68. The van der Waals surface area contributed by atoms with Crippen LogP contribution in [0.4, 0.5) is 5.69 Å². The monoisotopic (exact) mass is 400 g/mol. The van der Waals surface area contributed by atoms with Crippen LogP contribution in [-0.4, -0.2) is 79.5 Å². The summed E-state index contributed by atoms with van der Waals surface area (Å²) in [7, 11) is 2.23. The number of piperidine rings is 1. The summed E-state index contributed by atoms with van der Waals surface area (Å²) in [6.07, 6.45) is 2.62. The summed E-state index contributed by atoms with van der Waals surface area (Å²) in [6, 6.07) is 7.09. The minimum Gasteiger partial charge on any atom is -0.324 e. The highest BCUT2D eigenvalue weighted by atomic mass is 16.2. The largest absolute Gasteiger partial charge is 0.324 e. The van der Waals surface area contributed by atoms with Gasteiger partial charge in [-0.15, -0.1) is 0 Å². The van der Waals surface area contributed by atoms with Crippen molar-refractivity contribution in [3.63, 3.8) is 0 Å².